The summed E-state index contributed by atoms with van der Waals surface area (Å²) in [6.07, 6.45) is 20.2. The monoisotopic (exact) mass is 437 g/mol. The van der Waals surface area contributed by atoms with Crippen LogP contribution >= 0.6 is 12.4 Å². The largest absolute Gasteiger partial charge is 0.352 e. The Morgan fingerprint density at radius 2 is 1.17 bits per heavy atom. The molecule has 0 spiro atoms. The van der Waals surface area contributed by atoms with Gasteiger partial charge in [0.05, 0.1) is 0 Å². The first kappa shape index (κ1) is 29.0. The van der Waals surface area contributed by atoms with Crippen LogP contribution in [0, 0.1) is 5.41 Å². The first-order valence-electron chi connectivity index (χ1n) is 12.4. The number of carbonyl (C=O) groups is 1. The number of benzene rings is 1. The van der Waals surface area contributed by atoms with E-state index in [9.17, 15) is 4.79 Å². The molecule has 1 rings (SSSR count). The fraction of sp³-hybridized carbons (Fsp3) is 0.741. The molecule has 0 radical (unpaired) electrons. The summed E-state index contributed by atoms with van der Waals surface area (Å²) in [5, 5.41) is 3.10. The molecule has 0 aliphatic heterocycles. The third-order valence-corrected chi connectivity index (χ3v) is 6.07. The van der Waals surface area contributed by atoms with E-state index < -0.39 is 0 Å². The maximum Gasteiger partial charge on any atom is 0.225 e. The van der Waals surface area contributed by atoms with Crippen molar-refractivity contribution in [3.05, 3.63) is 35.9 Å². The van der Waals surface area contributed by atoms with Crippen molar-refractivity contribution in [3.63, 3.8) is 0 Å². The van der Waals surface area contributed by atoms with Crippen LogP contribution in [0.2, 0.25) is 0 Å². The average molecular weight is 438 g/mol. The van der Waals surface area contributed by atoms with Gasteiger partial charge in [-0.15, -0.1) is 12.4 Å². The minimum absolute atomic E-state index is 0. The summed E-state index contributed by atoms with van der Waals surface area (Å²) in [6.45, 7) is 7.07. The lowest BCUT2D eigenvalue weighted by Gasteiger charge is -2.23. The van der Waals surface area contributed by atoms with Crippen LogP contribution < -0.4 is 5.32 Å². The number of halogens is 1. The van der Waals surface area contributed by atoms with Gasteiger partial charge in [-0.1, -0.05) is 141 Å². The number of amides is 1. The second-order valence-corrected chi connectivity index (χ2v) is 9.40. The maximum absolute atomic E-state index is 12.5. The van der Waals surface area contributed by atoms with Gasteiger partial charge in [0.1, 0.15) is 0 Å². The minimum atomic E-state index is -0.272. The smallest absolute Gasteiger partial charge is 0.225 e. The molecule has 0 atom stereocenters. The standard InChI is InChI=1S/C27H47NO.ClH/c1-4-5-6-7-8-9-10-11-12-13-14-15-16-20-23-27(2,3)26(29)28-24-25-21-18-17-19-22-25;/h17-19,21-22H,4-16,20,23-24H2,1-3H3,(H,28,29);1H. The van der Waals surface area contributed by atoms with E-state index >= 15 is 0 Å². The second kappa shape index (κ2) is 18.7. The molecule has 1 N–H and O–H groups in total. The zero-order valence-corrected chi connectivity index (χ0v) is 20.8. The number of hydrogen-bond acceptors (Lipinski definition) is 1. The fourth-order valence-corrected chi connectivity index (χ4v) is 3.89. The van der Waals surface area contributed by atoms with Crippen molar-refractivity contribution in [2.24, 2.45) is 5.41 Å². The van der Waals surface area contributed by atoms with Crippen molar-refractivity contribution in [3.8, 4) is 0 Å². The Balaban J connectivity index is 0.00000841. The summed E-state index contributed by atoms with van der Waals surface area (Å²) in [4.78, 5) is 12.5. The molecule has 1 amide bonds. The molecule has 3 heteroatoms. The first-order valence-corrected chi connectivity index (χ1v) is 12.4. The Kier molecular flexibility index (Phi) is 18.1. The van der Waals surface area contributed by atoms with Gasteiger partial charge in [0.15, 0.2) is 0 Å². The van der Waals surface area contributed by atoms with E-state index in [0.29, 0.717) is 6.54 Å². The molecule has 0 bridgehead atoms. The van der Waals surface area contributed by atoms with E-state index in [2.05, 4.69) is 38.2 Å². The summed E-state index contributed by atoms with van der Waals surface area (Å²) >= 11 is 0. The molecule has 2 nitrogen and oxygen atoms in total. The van der Waals surface area contributed by atoms with Gasteiger partial charge in [0, 0.05) is 12.0 Å². The van der Waals surface area contributed by atoms with Crippen molar-refractivity contribution in [2.75, 3.05) is 0 Å². The van der Waals surface area contributed by atoms with Crippen molar-refractivity contribution >= 4 is 18.3 Å². The van der Waals surface area contributed by atoms with Gasteiger partial charge >= 0.3 is 0 Å². The lowest BCUT2D eigenvalue weighted by atomic mass is 9.85. The molecule has 0 aliphatic carbocycles. The predicted molar refractivity (Wildman–Crippen MR) is 134 cm³/mol. The van der Waals surface area contributed by atoms with Crippen LogP contribution in [0.15, 0.2) is 30.3 Å². The third-order valence-electron chi connectivity index (χ3n) is 6.07. The fourth-order valence-electron chi connectivity index (χ4n) is 3.89. The molecule has 0 fully saturated rings. The molecular weight excluding hydrogens is 390 g/mol. The third kappa shape index (κ3) is 14.9. The summed E-state index contributed by atoms with van der Waals surface area (Å²) in [5.74, 6) is 0.177. The highest BCUT2D eigenvalue weighted by molar-refractivity contribution is 5.85. The summed E-state index contributed by atoms with van der Waals surface area (Å²) in [7, 11) is 0. The second-order valence-electron chi connectivity index (χ2n) is 9.40. The predicted octanol–water partition coefficient (Wildman–Crippen LogP) is 8.62. The van der Waals surface area contributed by atoms with Crippen LogP contribution in [0.4, 0.5) is 0 Å². The van der Waals surface area contributed by atoms with Crippen LogP contribution in [-0.4, -0.2) is 5.91 Å². The van der Waals surface area contributed by atoms with Gasteiger partial charge in [0.25, 0.3) is 0 Å². The summed E-state index contributed by atoms with van der Waals surface area (Å²) < 4.78 is 0. The molecule has 30 heavy (non-hydrogen) atoms. The van der Waals surface area contributed by atoms with Crippen molar-refractivity contribution in [1.29, 1.82) is 0 Å². The van der Waals surface area contributed by atoms with E-state index in [1.165, 1.54) is 83.5 Å². The summed E-state index contributed by atoms with van der Waals surface area (Å²) in [5.41, 5.74) is 0.888. The lowest BCUT2D eigenvalue weighted by Crippen LogP contribution is -2.36. The van der Waals surface area contributed by atoms with E-state index in [-0.39, 0.29) is 23.7 Å². The van der Waals surface area contributed by atoms with Crippen LogP contribution in [0.3, 0.4) is 0 Å². The molecule has 0 saturated heterocycles. The molecular formula is C27H48ClNO. The molecule has 1 aromatic carbocycles. The van der Waals surface area contributed by atoms with Gasteiger partial charge < -0.3 is 5.32 Å². The first-order chi connectivity index (χ1) is 14.1. The highest BCUT2D eigenvalue weighted by Gasteiger charge is 2.26. The molecule has 174 valence electrons. The Morgan fingerprint density at radius 1 is 0.733 bits per heavy atom. The highest BCUT2D eigenvalue weighted by Crippen LogP contribution is 2.24. The van der Waals surface area contributed by atoms with Crippen LogP contribution in [0.5, 0.6) is 0 Å². The molecule has 0 unspecified atom stereocenters. The van der Waals surface area contributed by atoms with Crippen LogP contribution in [0.1, 0.15) is 123 Å². The van der Waals surface area contributed by atoms with Gasteiger partial charge in [-0.2, -0.15) is 0 Å². The number of unbranched alkanes of at least 4 members (excludes halogenated alkanes) is 13. The summed E-state index contributed by atoms with van der Waals surface area (Å²) in [6, 6.07) is 10.1. The SMILES string of the molecule is CCCCCCCCCCCCCCCCC(C)(C)C(=O)NCc1ccccc1.Cl. The van der Waals surface area contributed by atoms with Crippen molar-refractivity contribution in [2.45, 2.75) is 124 Å². The van der Waals surface area contributed by atoms with E-state index in [1.54, 1.807) is 0 Å². The molecule has 0 aromatic heterocycles. The topological polar surface area (TPSA) is 29.1 Å². The number of nitrogens with one attached hydrogen (secondary N) is 1. The minimum Gasteiger partial charge on any atom is -0.352 e. The molecule has 0 aliphatic rings. The van der Waals surface area contributed by atoms with Gasteiger partial charge in [0.2, 0.25) is 5.91 Å². The van der Waals surface area contributed by atoms with E-state index in [4.69, 9.17) is 0 Å². The van der Waals surface area contributed by atoms with Gasteiger partial charge in [-0.25, -0.2) is 0 Å². The van der Waals surface area contributed by atoms with Crippen LogP contribution in [0.25, 0.3) is 0 Å². The van der Waals surface area contributed by atoms with E-state index in [1.807, 2.05) is 18.2 Å². The lowest BCUT2D eigenvalue weighted by molar-refractivity contribution is -0.129. The number of rotatable bonds is 18. The Labute approximate surface area is 193 Å². The zero-order valence-electron chi connectivity index (χ0n) is 20.0. The van der Waals surface area contributed by atoms with Gasteiger partial charge in [-0.05, 0) is 12.0 Å². The van der Waals surface area contributed by atoms with Crippen molar-refractivity contribution in [1.82, 2.24) is 5.32 Å². The Bertz CT molecular complexity index is 515. The number of carbonyl (C=O) groups excluding carboxylic acids is 1. The zero-order chi connectivity index (χ0) is 21.2. The normalized spacial score (nSPS) is 11.2. The number of hydrogen-bond donors (Lipinski definition) is 1. The van der Waals surface area contributed by atoms with Crippen LogP contribution in [-0.2, 0) is 11.3 Å². The van der Waals surface area contributed by atoms with Crippen molar-refractivity contribution < 1.29 is 4.79 Å². The highest BCUT2D eigenvalue weighted by atomic mass is 35.5. The Hall–Kier alpha value is -1.02. The molecule has 0 heterocycles. The molecule has 1 aromatic rings. The quantitative estimate of drug-likeness (QED) is 0.229. The maximum atomic E-state index is 12.5. The Morgan fingerprint density at radius 3 is 1.63 bits per heavy atom. The molecule has 0 saturated carbocycles. The van der Waals surface area contributed by atoms with E-state index in [0.717, 1.165) is 18.4 Å². The van der Waals surface area contributed by atoms with Gasteiger partial charge in [-0.3, -0.25) is 4.79 Å². The average Bonchev–Trinajstić information content (AvgIpc) is 2.73.